The molecule has 5 fully saturated rings. The Morgan fingerprint density at radius 3 is 2.73 bits per heavy atom. The molecule has 0 aromatic carbocycles. The fourth-order valence-electron chi connectivity index (χ4n) is 8.81. The maximum atomic E-state index is 12.1. The molecule has 138 valence electrons. The Morgan fingerprint density at radius 2 is 1.96 bits per heavy atom. The molecule has 0 aromatic rings. The lowest BCUT2D eigenvalue weighted by atomic mass is 9.45. The van der Waals surface area contributed by atoms with Crippen molar-refractivity contribution in [3.63, 3.8) is 0 Å². The van der Waals surface area contributed by atoms with Crippen molar-refractivity contribution in [2.45, 2.75) is 64.9 Å². The van der Waals surface area contributed by atoms with E-state index in [9.17, 15) is 9.90 Å². The molecule has 6 aliphatic carbocycles. The molecular formula is C24H30O2. The molecule has 26 heavy (non-hydrogen) atoms. The van der Waals surface area contributed by atoms with Gasteiger partial charge in [0, 0.05) is 17.8 Å². The van der Waals surface area contributed by atoms with Crippen LogP contribution in [0.1, 0.15) is 59.3 Å². The van der Waals surface area contributed by atoms with Gasteiger partial charge >= 0.3 is 0 Å². The number of carbonyl (C=O) groups excluding carboxylic acids is 1. The van der Waals surface area contributed by atoms with Crippen LogP contribution < -0.4 is 0 Å². The van der Waals surface area contributed by atoms with Crippen LogP contribution in [0.4, 0.5) is 0 Å². The van der Waals surface area contributed by atoms with E-state index in [1.54, 1.807) is 0 Å². The van der Waals surface area contributed by atoms with Gasteiger partial charge in [-0.3, -0.25) is 4.79 Å². The number of fused-ring (bicyclic) bond motifs is 10. The lowest BCUT2D eigenvalue weighted by Gasteiger charge is -2.59. The summed E-state index contributed by atoms with van der Waals surface area (Å²) in [5, 5.41) is 11.6. The molecule has 2 nitrogen and oxygen atoms in total. The monoisotopic (exact) mass is 350 g/mol. The van der Waals surface area contributed by atoms with Crippen LogP contribution in [0.5, 0.6) is 0 Å². The number of hydrogen-bond acceptors (Lipinski definition) is 2. The smallest absolute Gasteiger partial charge is 0.155 e. The summed E-state index contributed by atoms with van der Waals surface area (Å²) in [5.74, 6) is 11.4. The van der Waals surface area contributed by atoms with Gasteiger partial charge in [0.1, 0.15) is 5.60 Å². The van der Waals surface area contributed by atoms with Crippen LogP contribution in [0.25, 0.3) is 0 Å². The first kappa shape index (κ1) is 15.9. The van der Waals surface area contributed by atoms with Gasteiger partial charge in [-0.2, -0.15) is 0 Å². The van der Waals surface area contributed by atoms with E-state index in [1.807, 2.05) is 13.0 Å². The topological polar surface area (TPSA) is 37.3 Å². The van der Waals surface area contributed by atoms with Crippen LogP contribution in [0, 0.1) is 64.1 Å². The van der Waals surface area contributed by atoms with Gasteiger partial charge in [0.05, 0.1) is 0 Å². The van der Waals surface area contributed by atoms with Crippen molar-refractivity contribution in [1.82, 2.24) is 0 Å². The standard InChI is InChI=1S/C24H30O2/c1-4-7-24(26)19-12-16(19)21-20-15-11-14(15)18-10-13(25)5-8-22(18,2)17(20)6-9-23(21,24)3/h10,14-17,19-21,26H,5-6,8-9,11-12H2,1-3H3/t14-,15+,16?,17?,19+,20?,21?,22-,23+,24+/m1/s1. The fourth-order valence-corrected chi connectivity index (χ4v) is 8.81. The fraction of sp³-hybridized carbons (Fsp3) is 0.792. The van der Waals surface area contributed by atoms with E-state index in [0.717, 1.165) is 31.1 Å². The first-order valence-electron chi connectivity index (χ1n) is 10.8. The van der Waals surface area contributed by atoms with Crippen LogP contribution >= 0.6 is 0 Å². The van der Waals surface area contributed by atoms with Gasteiger partial charge in [-0.05, 0) is 86.0 Å². The van der Waals surface area contributed by atoms with Gasteiger partial charge in [0.2, 0.25) is 0 Å². The Morgan fingerprint density at radius 1 is 1.15 bits per heavy atom. The Balaban J connectivity index is 1.46. The minimum atomic E-state index is -0.758. The summed E-state index contributed by atoms with van der Waals surface area (Å²) in [6.07, 6.45) is 8.62. The van der Waals surface area contributed by atoms with Crippen molar-refractivity contribution < 1.29 is 9.90 Å². The Bertz CT molecular complexity index is 814. The molecule has 1 N–H and O–H groups in total. The predicted octanol–water partition coefficient (Wildman–Crippen LogP) is 3.98. The quantitative estimate of drug-likeness (QED) is 0.671. The van der Waals surface area contributed by atoms with Crippen molar-refractivity contribution in [1.29, 1.82) is 0 Å². The average molecular weight is 351 g/mol. The van der Waals surface area contributed by atoms with Crippen LogP contribution in [0.2, 0.25) is 0 Å². The summed E-state index contributed by atoms with van der Waals surface area (Å²) in [6.45, 7) is 6.71. The van der Waals surface area contributed by atoms with E-state index in [2.05, 4.69) is 25.7 Å². The lowest BCUT2D eigenvalue weighted by Crippen LogP contribution is -2.57. The molecule has 0 radical (unpaired) electrons. The van der Waals surface area contributed by atoms with Crippen molar-refractivity contribution in [2.75, 3.05) is 0 Å². The van der Waals surface area contributed by atoms with Crippen molar-refractivity contribution in [3.8, 4) is 11.8 Å². The molecule has 0 saturated heterocycles. The molecular weight excluding hydrogens is 320 g/mol. The molecule has 0 heterocycles. The molecule has 0 aliphatic heterocycles. The summed E-state index contributed by atoms with van der Waals surface area (Å²) in [7, 11) is 0. The number of rotatable bonds is 0. The third-order valence-corrected chi connectivity index (χ3v) is 10.0. The van der Waals surface area contributed by atoms with Crippen molar-refractivity contribution >= 4 is 5.78 Å². The van der Waals surface area contributed by atoms with Crippen molar-refractivity contribution in [3.05, 3.63) is 11.6 Å². The van der Waals surface area contributed by atoms with Gasteiger partial charge in [0.15, 0.2) is 5.78 Å². The molecule has 0 aromatic heterocycles. The zero-order valence-corrected chi connectivity index (χ0v) is 16.2. The second-order valence-electron chi connectivity index (χ2n) is 10.8. The normalized spacial score (nSPS) is 61.0. The molecule has 5 saturated carbocycles. The maximum Gasteiger partial charge on any atom is 0.155 e. The predicted molar refractivity (Wildman–Crippen MR) is 99.8 cm³/mol. The van der Waals surface area contributed by atoms with Crippen LogP contribution in [-0.2, 0) is 4.79 Å². The highest BCUT2D eigenvalue weighted by molar-refractivity contribution is 5.92. The molecule has 0 bridgehead atoms. The first-order chi connectivity index (χ1) is 12.3. The molecule has 0 amide bonds. The molecule has 2 heteroatoms. The lowest BCUT2D eigenvalue weighted by molar-refractivity contribution is -0.127. The number of allylic oxidation sites excluding steroid dienone is 1. The molecule has 6 aliphatic rings. The van der Waals surface area contributed by atoms with Gasteiger partial charge in [-0.15, -0.1) is 5.92 Å². The zero-order chi connectivity index (χ0) is 18.1. The highest BCUT2D eigenvalue weighted by atomic mass is 16.3. The molecule has 4 unspecified atom stereocenters. The molecule has 6 rings (SSSR count). The zero-order valence-electron chi connectivity index (χ0n) is 16.2. The SMILES string of the molecule is CC#C[C@]1(O)[C@H]2CC2C2C3C(CC[C@@]21C)[C@@]1(C)CCC(=O)C=C1[C@@H]1C[C@H]31. The summed E-state index contributed by atoms with van der Waals surface area (Å²) >= 11 is 0. The van der Waals surface area contributed by atoms with Crippen LogP contribution in [-0.4, -0.2) is 16.5 Å². The molecule has 10 atom stereocenters. The van der Waals surface area contributed by atoms with Gasteiger partial charge < -0.3 is 5.11 Å². The van der Waals surface area contributed by atoms with Gasteiger partial charge in [0.25, 0.3) is 0 Å². The van der Waals surface area contributed by atoms with Crippen molar-refractivity contribution in [2.24, 2.45) is 52.3 Å². The third kappa shape index (κ3) is 1.57. The third-order valence-electron chi connectivity index (χ3n) is 10.0. The summed E-state index contributed by atoms with van der Waals surface area (Å²) in [4.78, 5) is 12.1. The maximum absolute atomic E-state index is 12.1. The minimum Gasteiger partial charge on any atom is -0.377 e. The number of carbonyl (C=O) groups is 1. The summed E-state index contributed by atoms with van der Waals surface area (Å²) in [6, 6.07) is 0. The largest absolute Gasteiger partial charge is 0.377 e. The number of aliphatic hydroxyl groups is 1. The van der Waals surface area contributed by atoms with Crippen LogP contribution in [0.15, 0.2) is 11.6 Å². The molecule has 0 spiro atoms. The highest BCUT2D eigenvalue weighted by Crippen LogP contribution is 2.80. The summed E-state index contributed by atoms with van der Waals surface area (Å²) < 4.78 is 0. The highest BCUT2D eigenvalue weighted by Gasteiger charge is 2.78. The Kier molecular flexibility index (Phi) is 2.75. The van der Waals surface area contributed by atoms with E-state index < -0.39 is 5.60 Å². The second kappa shape index (κ2) is 4.49. The van der Waals surface area contributed by atoms with E-state index in [0.29, 0.717) is 35.4 Å². The average Bonchev–Trinajstić information content (AvgIpc) is 3.49. The minimum absolute atomic E-state index is 0.0278. The number of hydrogen-bond donors (Lipinski definition) is 1. The van der Waals surface area contributed by atoms with Gasteiger partial charge in [-0.25, -0.2) is 0 Å². The van der Waals surface area contributed by atoms with E-state index in [1.165, 1.54) is 24.8 Å². The van der Waals surface area contributed by atoms with E-state index in [4.69, 9.17) is 0 Å². The number of ketones is 1. The first-order valence-corrected chi connectivity index (χ1v) is 10.8. The Hall–Kier alpha value is -1.07. The van der Waals surface area contributed by atoms with E-state index >= 15 is 0 Å². The second-order valence-corrected chi connectivity index (χ2v) is 10.8. The van der Waals surface area contributed by atoms with E-state index in [-0.39, 0.29) is 10.8 Å². The van der Waals surface area contributed by atoms with Crippen LogP contribution in [0.3, 0.4) is 0 Å². The summed E-state index contributed by atoms with van der Waals surface area (Å²) in [5.41, 5.74) is 0.961. The Labute approximate surface area is 156 Å². The van der Waals surface area contributed by atoms with Gasteiger partial charge in [-0.1, -0.05) is 25.3 Å².